The zero-order valence-corrected chi connectivity index (χ0v) is 11.8. The van der Waals surface area contributed by atoms with Crippen LogP contribution in [0.4, 0.5) is 0 Å². The van der Waals surface area contributed by atoms with Crippen LogP contribution < -0.4 is 0 Å². The second-order valence-electron chi connectivity index (χ2n) is 4.81. The highest BCUT2D eigenvalue weighted by Gasteiger charge is 2.07. The van der Waals surface area contributed by atoms with Gasteiger partial charge in [0.05, 0.1) is 13.2 Å². The Morgan fingerprint density at radius 3 is 1.59 bits per heavy atom. The summed E-state index contributed by atoms with van der Waals surface area (Å²) in [5.41, 5.74) is 0. The van der Waals surface area contributed by atoms with Crippen LogP contribution in [0.2, 0.25) is 0 Å². The first-order valence-electron chi connectivity index (χ1n) is 7.11. The van der Waals surface area contributed by atoms with E-state index in [1.54, 1.807) is 0 Å². The molecule has 0 aliphatic rings. The smallest absolute Gasteiger partial charge is 0.0528 e. The molecule has 0 amide bonds. The maximum atomic E-state index is 5.79. The SMILES string of the molecule is C=CC(CCCC)COCC(C=C)CCCC. The molecule has 0 aromatic rings. The molecule has 1 nitrogen and oxygen atoms in total. The standard InChI is InChI=1S/C16H30O/c1-5-9-11-15(7-3)13-17-14-16(8-4)12-10-6-2/h7-8,15-16H,3-6,9-14H2,1-2H3. The average molecular weight is 238 g/mol. The Bertz CT molecular complexity index is 166. The average Bonchev–Trinajstić information content (AvgIpc) is 2.37. The van der Waals surface area contributed by atoms with Crippen molar-refractivity contribution in [2.24, 2.45) is 11.8 Å². The van der Waals surface area contributed by atoms with Crippen molar-refractivity contribution in [1.29, 1.82) is 0 Å². The van der Waals surface area contributed by atoms with Crippen molar-refractivity contribution in [3.8, 4) is 0 Å². The summed E-state index contributed by atoms with van der Waals surface area (Å²) >= 11 is 0. The third kappa shape index (κ3) is 9.17. The number of unbranched alkanes of at least 4 members (excludes halogenated alkanes) is 2. The maximum absolute atomic E-state index is 5.79. The molecule has 0 saturated heterocycles. The van der Waals surface area contributed by atoms with Crippen molar-refractivity contribution >= 4 is 0 Å². The summed E-state index contributed by atoms with van der Waals surface area (Å²) < 4.78 is 5.79. The molecule has 0 heterocycles. The van der Waals surface area contributed by atoms with E-state index in [1.165, 1.54) is 38.5 Å². The van der Waals surface area contributed by atoms with Gasteiger partial charge in [-0.05, 0) is 24.7 Å². The molecular formula is C16H30O. The molecule has 0 aromatic heterocycles. The van der Waals surface area contributed by atoms with Gasteiger partial charge in [0.25, 0.3) is 0 Å². The number of ether oxygens (including phenoxy) is 1. The van der Waals surface area contributed by atoms with Gasteiger partial charge in [-0.1, -0.05) is 51.7 Å². The van der Waals surface area contributed by atoms with Crippen LogP contribution in [0.3, 0.4) is 0 Å². The fraction of sp³-hybridized carbons (Fsp3) is 0.750. The summed E-state index contributed by atoms with van der Waals surface area (Å²) in [6, 6.07) is 0. The lowest BCUT2D eigenvalue weighted by molar-refractivity contribution is 0.0881. The topological polar surface area (TPSA) is 9.23 Å². The predicted molar refractivity (Wildman–Crippen MR) is 77.2 cm³/mol. The van der Waals surface area contributed by atoms with Gasteiger partial charge in [-0.25, -0.2) is 0 Å². The van der Waals surface area contributed by atoms with Crippen molar-refractivity contribution < 1.29 is 4.74 Å². The zero-order chi connectivity index (χ0) is 12.9. The van der Waals surface area contributed by atoms with Crippen molar-refractivity contribution in [1.82, 2.24) is 0 Å². The molecule has 0 spiro atoms. The summed E-state index contributed by atoms with van der Waals surface area (Å²) in [6.07, 6.45) is 11.5. The van der Waals surface area contributed by atoms with E-state index >= 15 is 0 Å². The lowest BCUT2D eigenvalue weighted by Crippen LogP contribution is -2.13. The Labute approximate surface area is 108 Å². The normalized spacial score (nSPS) is 14.2. The molecule has 0 fully saturated rings. The summed E-state index contributed by atoms with van der Waals surface area (Å²) in [5.74, 6) is 1.04. The molecular weight excluding hydrogens is 208 g/mol. The monoisotopic (exact) mass is 238 g/mol. The van der Waals surface area contributed by atoms with Gasteiger partial charge in [0, 0.05) is 0 Å². The second kappa shape index (κ2) is 11.9. The van der Waals surface area contributed by atoms with Crippen molar-refractivity contribution in [2.75, 3.05) is 13.2 Å². The van der Waals surface area contributed by atoms with Gasteiger partial charge >= 0.3 is 0 Å². The molecule has 0 saturated carbocycles. The molecule has 0 aliphatic carbocycles. The molecule has 1 heteroatoms. The van der Waals surface area contributed by atoms with E-state index < -0.39 is 0 Å². The minimum absolute atomic E-state index is 0.520. The van der Waals surface area contributed by atoms with Crippen molar-refractivity contribution in [3.05, 3.63) is 25.3 Å². The van der Waals surface area contributed by atoms with Crippen LogP contribution in [-0.2, 0) is 4.74 Å². The van der Waals surface area contributed by atoms with Gasteiger partial charge in [-0.3, -0.25) is 0 Å². The van der Waals surface area contributed by atoms with Crippen molar-refractivity contribution in [3.63, 3.8) is 0 Å². The molecule has 2 unspecified atom stereocenters. The Morgan fingerprint density at radius 1 is 0.882 bits per heavy atom. The van der Waals surface area contributed by atoms with Gasteiger partial charge in [0.15, 0.2) is 0 Å². The molecule has 0 aromatic carbocycles. The number of rotatable bonds is 12. The molecule has 17 heavy (non-hydrogen) atoms. The minimum atomic E-state index is 0.520. The predicted octanol–water partition coefficient (Wildman–Crippen LogP) is 4.99. The quantitative estimate of drug-likeness (QED) is 0.435. The van der Waals surface area contributed by atoms with E-state index in [4.69, 9.17) is 4.74 Å². The van der Waals surface area contributed by atoms with E-state index in [0.717, 1.165) is 13.2 Å². The molecule has 2 atom stereocenters. The largest absolute Gasteiger partial charge is 0.380 e. The van der Waals surface area contributed by atoms with Gasteiger partial charge in [0.1, 0.15) is 0 Å². The third-order valence-corrected chi connectivity index (χ3v) is 3.19. The van der Waals surface area contributed by atoms with E-state index in [2.05, 4.69) is 27.0 Å². The van der Waals surface area contributed by atoms with Crippen LogP contribution >= 0.6 is 0 Å². The lowest BCUT2D eigenvalue weighted by Gasteiger charge is -2.16. The van der Waals surface area contributed by atoms with E-state index in [9.17, 15) is 0 Å². The highest BCUT2D eigenvalue weighted by atomic mass is 16.5. The molecule has 100 valence electrons. The van der Waals surface area contributed by atoms with Crippen LogP contribution in [0.1, 0.15) is 52.4 Å². The van der Waals surface area contributed by atoms with E-state index in [0.29, 0.717) is 11.8 Å². The van der Waals surface area contributed by atoms with Crippen LogP contribution in [0.5, 0.6) is 0 Å². The molecule has 0 rings (SSSR count). The van der Waals surface area contributed by atoms with Gasteiger partial charge < -0.3 is 4.74 Å². The third-order valence-electron chi connectivity index (χ3n) is 3.19. The fourth-order valence-electron chi connectivity index (χ4n) is 1.84. The summed E-state index contributed by atoms with van der Waals surface area (Å²) in [5, 5.41) is 0. The van der Waals surface area contributed by atoms with Crippen molar-refractivity contribution in [2.45, 2.75) is 52.4 Å². The first-order chi connectivity index (χ1) is 8.28. The summed E-state index contributed by atoms with van der Waals surface area (Å²) in [4.78, 5) is 0. The lowest BCUT2D eigenvalue weighted by atomic mass is 10.0. The van der Waals surface area contributed by atoms with Crippen LogP contribution in [-0.4, -0.2) is 13.2 Å². The van der Waals surface area contributed by atoms with Gasteiger partial charge in [0.2, 0.25) is 0 Å². The Hall–Kier alpha value is -0.560. The molecule has 0 bridgehead atoms. The fourth-order valence-corrected chi connectivity index (χ4v) is 1.84. The van der Waals surface area contributed by atoms with Gasteiger partial charge in [-0.2, -0.15) is 0 Å². The molecule has 0 aliphatic heterocycles. The highest BCUT2D eigenvalue weighted by Crippen LogP contribution is 2.13. The van der Waals surface area contributed by atoms with E-state index in [1.807, 2.05) is 12.2 Å². The van der Waals surface area contributed by atoms with Crippen LogP contribution in [0, 0.1) is 11.8 Å². The number of hydrogen-bond donors (Lipinski definition) is 0. The maximum Gasteiger partial charge on any atom is 0.0528 e. The zero-order valence-electron chi connectivity index (χ0n) is 11.8. The minimum Gasteiger partial charge on any atom is -0.380 e. The van der Waals surface area contributed by atoms with Crippen LogP contribution in [0.25, 0.3) is 0 Å². The van der Waals surface area contributed by atoms with Crippen LogP contribution in [0.15, 0.2) is 25.3 Å². The summed E-state index contributed by atoms with van der Waals surface area (Å²) in [6.45, 7) is 13.8. The first-order valence-corrected chi connectivity index (χ1v) is 7.11. The summed E-state index contributed by atoms with van der Waals surface area (Å²) in [7, 11) is 0. The Balaban J connectivity index is 3.69. The highest BCUT2D eigenvalue weighted by molar-refractivity contribution is 4.81. The first kappa shape index (κ1) is 16.4. The Kier molecular flexibility index (Phi) is 11.5. The van der Waals surface area contributed by atoms with Gasteiger partial charge in [-0.15, -0.1) is 13.2 Å². The second-order valence-corrected chi connectivity index (χ2v) is 4.81. The van der Waals surface area contributed by atoms with E-state index in [-0.39, 0.29) is 0 Å². The molecule has 0 radical (unpaired) electrons. The number of hydrogen-bond acceptors (Lipinski definition) is 1. The molecule has 0 N–H and O–H groups in total. The Morgan fingerprint density at radius 2 is 1.29 bits per heavy atom.